The molecule has 2 heterocycles. The van der Waals surface area contributed by atoms with Gasteiger partial charge in [-0.3, -0.25) is 9.69 Å². The van der Waals surface area contributed by atoms with Crippen LogP contribution in [-0.2, 0) is 16.1 Å². The zero-order chi connectivity index (χ0) is 17.0. The number of aromatic nitrogens is 1. The Hall–Kier alpha value is -1.02. The molecule has 1 amide bonds. The summed E-state index contributed by atoms with van der Waals surface area (Å²) in [6, 6.07) is -0.391. The maximum Gasteiger partial charge on any atom is 0.239 e. The summed E-state index contributed by atoms with van der Waals surface area (Å²) < 4.78 is 5.30. The van der Waals surface area contributed by atoms with Gasteiger partial charge in [-0.25, -0.2) is 4.98 Å². The molecule has 0 aromatic carbocycles. The average molecular weight is 340 g/mol. The maximum absolute atomic E-state index is 12.3. The lowest BCUT2D eigenvalue weighted by molar-refractivity contribution is -0.135. The number of nitrogens with two attached hydrogens (primary N) is 1. The third-order valence-corrected chi connectivity index (χ3v) is 5.40. The van der Waals surface area contributed by atoms with Gasteiger partial charge in [-0.2, -0.15) is 0 Å². The minimum atomic E-state index is -0.391. The van der Waals surface area contributed by atoms with Crippen molar-refractivity contribution in [1.82, 2.24) is 14.8 Å². The van der Waals surface area contributed by atoms with E-state index in [1.54, 1.807) is 18.4 Å². The normalized spacial score (nSPS) is 19.1. The standard InChI is InChI=1S/C16H28N4O2S/c1-11(2)14(17)16(21)20-7-5-19(6-8-20)9-13-10-23-15(18-13)12(3)22-4/h10-12,14H,5-9,17H2,1-4H3/t12-,14-/m0/s1. The van der Waals surface area contributed by atoms with Gasteiger partial charge >= 0.3 is 0 Å². The summed E-state index contributed by atoms with van der Waals surface area (Å²) in [5, 5.41) is 3.11. The molecule has 0 aliphatic carbocycles. The molecule has 1 aromatic rings. The summed E-state index contributed by atoms with van der Waals surface area (Å²) in [7, 11) is 1.70. The number of piperazine rings is 1. The number of rotatable bonds is 6. The van der Waals surface area contributed by atoms with E-state index in [9.17, 15) is 4.79 Å². The molecule has 0 saturated carbocycles. The number of thiazole rings is 1. The van der Waals surface area contributed by atoms with E-state index in [4.69, 9.17) is 10.5 Å². The van der Waals surface area contributed by atoms with Gasteiger partial charge in [-0.1, -0.05) is 13.8 Å². The Bertz CT molecular complexity index is 512. The average Bonchev–Trinajstić information content (AvgIpc) is 3.01. The first-order valence-corrected chi connectivity index (χ1v) is 9.04. The topological polar surface area (TPSA) is 71.7 Å². The van der Waals surface area contributed by atoms with Crippen LogP contribution in [0, 0.1) is 5.92 Å². The largest absolute Gasteiger partial charge is 0.375 e. The van der Waals surface area contributed by atoms with Gasteiger partial charge in [0.15, 0.2) is 0 Å². The molecular weight excluding hydrogens is 312 g/mol. The fourth-order valence-electron chi connectivity index (χ4n) is 2.53. The quantitative estimate of drug-likeness (QED) is 0.849. The third-order valence-electron chi connectivity index (χ3n) is 4.34. The molecule has 0 radical (unpaired) electrons. The second kappa shape index (κ2) is 8.19. The molecule has 0 unspecified atom stereocenters. The molecule has 1 aromatic heterocycles. The number of nitrogens with zero attached hydrogens (tertiary/aromatic N) is 3. The lowest BCUT2D eigenvalue weighted by Gasteiger charge is -2.36. The van der Waals surface area contributed by atoms with E-state index >= 15 is 0 Å². The molecular formula is C16H28N4O2S. The molecule has 1 aliphatic rings. The number of amides is 1. The highest BCUT2D eigenvalue weighted by molar-refractivity contribution is 7.09. The van der Waals surface area contributed by atoms with Crippen LogP contribution < -0.4 is 5.73 Å². The van der Waals surface area contributed by atoms with Crippen molar-refractivity contribution in [1.29, 1.82) is 0 Å². The van der Waals surface area contributed by atoms with Crippen LogP contribution >= 0.6 is 11.3 Å². The summed E-state index contributed by atoms with van der Waals surface area (Å²) in [6.45, 7) is 10.0. The Labute approximate surface area is 142 Å². The van der Waals surface area contributed by atoms with Crippen molar-refractivity contribution in [3.05, 3.63) is 16.1 Å². The van der Waals surface area contributed by atoms with Gasteiger partial charge in [0, 0.05) is 45.2 Å². The highest BCUT2D eigenvalue weighted by Crippen LogP contribution is 2.21. The fraction of sp³-hybridized carbons (Fsp3) is 0.750. The second-order valence-electron chi connectivity index (χ2n) is 6.43. The molecule has 2 atom stereocenters. The van der Waals surface area contributed by atoms with Crippen LogP contribution in [0.1, 0.15) is 37.6 Å². The summed E-state index contributed by atoms with van der Waals surface area (Å²) in [5.74, 6) is 0.251. The lowest BCUT2D eigenvalue weighted by Crippen LogP contribution is -2.54. The van der Waals surface area contributed by atoms with E-state index in [2.05, 4.69) is 15.3 Å². The molecule has 0 bridgehead atoms. The number of ether oxygens (including phenoxy) is 1. The van der Waals surface area contributed by atoms with E-state index in [-0.39, 0.29) is 17.9 Å². The molecule has 1 aliphatic heterocycles. The summed E-state index contributed by atoms with van der Waals surface area (Å²) in [4.78, 5) is 21.1. The number of methoxy groups -OCH3 is 1. The van der Waals surface area contributed by atoms with Crippen molar-refractivity contribution in [2.24, 2.45) is 11.7 Å². The first-order valence-electron chi connectivity index (χ1n) is 8.16. The lowest BCUT2D eigenvalue weighted by atomic mass is 10.0. The van der Waals surface area contributed by atoms with Gasteiger partial charge in [-0.05, 0) is 12.8 Å². The molecule has 23 heavy (non-hydrogen) atoms. The highest BCUT2D eigenvalue weighted by Gasteiger charge is 2.27. The van der Waals surface area contributed by atoms with Crippen LogP contribution in [0.4, 0.5) is 0 Å². The van der Waals surface area contributed by atoms with Gasteiger partial charge in [0.1, 0.15) is 11.1 Å². The van der Waals surface area contributed by atoms with Crippen molar-refractivity contribution in [3.8, 4) is 0 Å². The molecule has 1 fully saturated rings. The van der Waals surface area contributed by atoms with Gasteiger partial charge in [0.05, 0.1) is 11.7 Å². The van der Waals surface area contributed by atoms with Crippen LogP contribution in [0.25, 0.3) is 0 Å². The Balaban J connectivity index is 1.83. The minimum absolute atomic E-state index is 0.0424. The zero-order valence-electron chi connectivity index (χ0n) is 14.5. The van der Waals surface area contributed by atoms with Crippen LogP contribution in [0.15, 0.2) is 5.38 Å². The SMILES string of the molecule is CO[C@@H](C)c1nc(CN2CCN(C(=O)[C@@H](N)C(C)C)CC2)cs1. The third kappa shape index (κ3) is 4.73. The van der Waals surface area contributed by atoms with E-state index in [0.717, 1.165) is 43.4 Å². The van der Waals surface area contributed by atoms with E-state index < -0.39 is 6.04 Å². The predicted molar refractivity (Wildman–Crippen MR) is 92.2 cm³/mol. The predicted octanol–water partition coefficient (Wildman–Crippen LogP) is 1.48. The Morgan fingerprint density at radius 2 is 2.00 bits per heavy atom. The van der Waals surface area contributed by atoms with Gasteiger partial charge < -0.3 is 15.4 Å². The van der Waals surface area contributed by atoms with E-state index in [0.29, 0.717) is 0 Å². The molecule has 0 spiro atoms. The maximum atomic E-state index is 12.3. The van der Waals surface area contributed by atoms with Crippen molar-refractivity contribution < 1.29 is 9.53 Å². The first-order chi connectivity index (χ1) is 10.9. The Morgan fingerprint density at radius 3 is 2.57 bits per heavy atom. The summed E-state index contributed by atoms with van der Waals surface area (Å²) in [5.41, 5.74) is 7.04. The van der Waals surface area contributed by atoms with Crippen molar-refractivity contribution in [3.63, 3.8) is 0 Å². The molecule has 6 nitrogen and oxygen atoms in total. The monoisotopic (exact) mass is 340 g/mol. The molecule has 130 valence electrons. The number of carbonyl (C=O) groups is 1. The fourth-order valence-corrected chi connectivity index (χ4v) is 3.38. The molecule has 2 rings (SSSR count). The minimum Gasteiger partial charge on any atom is -0.375 e. The summed E-state index contributed by atoms with van der Waals surface area (Å²) in [6.07, 6.45) is 0.0424. The molecule has 7 heteroatoms. The van der Waals surface area contributed by atoms with E-state index in [1.807, 2.05) is 25.7 Å². The van der Waals surface area contributed by atoms with Crippen LogP contribution in [0.3, 0.4) is 0 Å². The van der Waals surface area contributed by atoms with Crippen molar-refractivity contribution >= 4 is 17.2 Å². The van der Waals surface area contributed by atoms with Crippen molar-refractivity contribution in [2.75, 3.05) is 33.3 Å². The van der Waals surface area contributed by atoms with Crippen LogP contribution in [0.5, 0.6) is 0 Å². The van der Waals surface area contributed by atoms with E-state index in [1.165, 1.54) is 0 Å². The smallest absolute Gasteiger partial charge is 0.239 e. The first kappa shape index (κ1) is 18.3. The number of carbonyl (C=O) groups excluding carboxylic acids is 1. The Morgan fingerprint density at radius 1 is 1.35 bits per heavy atom. The molecule has 2 N–H and O–H groups in total. The highest BCUT2D eigenvalue weighted by atomic mass is 32.1. The zero-order valence-corrected chi connectivity index (χ0v) is 15.3. The van der Waals surface area contributed by atoms with Crippen molar-refractivity contribution in [2.45, 2.75) is 39.5 Å². The number of hydrogen-bond donors (Lipinski definition) is 1. The molecule has 1 saturated heterocycles. The Kier molecular flexibility index (Phi) is 6.52. The van der Waals surface area contributed by atoms with Crippen LogP contribution in [-0.4, -0.2) is 60.0 Å². The van der Waals surface area contributed by atoms with Gasteiger partial charge in [0.25, 0.3) is 0 Å². The van der Waals surface area contributed by atoms with Gasteiger partial charge in [0.2, 0.25) is 5.91 Å². The summed E-state index contributed by atoms with van der Waals surface area (Å²) >= 11 is 1.64. The van der Waals surface area contributed by atoms with Crippen LogP contribution in [0.2, 0.25) is 0 Å². The number of hydrogen-bond acceptors (Lipinski definition) is 6. The van der Waals surface area contributed by atoms with Gasteiger partial charge in [-0.15, -0.1) is 11.3 Å². The second-order valence-corrected chi connectivity index (χ2v) is 7.32.